The van der Waals surface area contributed by atoms with Crippen molar-refractivity contribution in [2.75, 3.05) is 31.2 Å². The van der Waals surface area contributed by atoms with Crippen LogP contribution in [0.3, 0.4) is 0 Å². The number of carbonyl (C=O) groups is 2. The van der Waals surface area contributed by atoms with Crippen molar-refractivity contribution >= 4 is 17.5 Å². The van der Waals surface area contributed by atoms with Gasteiger partial charge in [-0.2, -0.15) is 0 Å². The molecule has 6 heteroatoms. The van der Waals surface area contributed by atoms with E-state index >= 15 is 0 Å². The van der Waals surface area contributed by atoms with Gasteiger partial charge in [0.25, 0.3) is 5.91 Å². The van der Waals surface area contributed by atoms with Gasteiger partial charge in [-0.05, 0) is 42.7 Å². The number of anilines is 1. The molecule has 1 saturated heterocycles. The van der Waals surface area contributed by atoms with E-state index in [0.29, 0.717) is 32.5 Å². The number of nitrogens with one attached hydrogen (secondary N) is 1. The summed E-state index contributed by atoms with van der Waals surface area (Å²) in [6, 6.07) is 17.5. The summed E-state index contributed by atoms with van der Waals surface area (Å²) in [5.41, 5.74) is 2.10. The van der Waals surface area contributed by atoms with Gasteiger partial charge in [0.15, 0.2) is 0 Å². The third kappa shape index (κ3) is 6.32. The van der Waals surface area contributed by atoms with Crippen LogP contribution in [0.2, 0.25) is 0 Å². The Hall–Kier alpha value is -2.86. The van der Waals surface area contributed by atoms with Gasteiger partial charge < -0.3 is 19.7 Å². The van der Waals surface area contributed by atoms with Crippen LogP contribution in [0, 0.1) is 0 Å². The summed E-state index contributed by atoms with van der Waals surface area (Å²) < 4.78 is 11.2. The summed E-state index contributed by atoms with van der Waals surface area (Å²) >= 11 is 0. The highest BCUT2D eigenvalue weighted by molar-refractivity contribution is 5.95. The summed E-state index contributed by atoms with van der Waals surface area (Å²) in [4.78, 5) is 26.0. The Kier molecular flexibility index (Phi) is 7.64. The molecule has 0 aliphatic carbocycles. The molecule has 0 bridgehead atoms. The van der Waals surface area contributed by atoms with E-state index in [2.05, 4.69) is 12.2 Å². The van der Waals surface area contributed by atoms with Crippen LogP contribution >= 0.6 is 0 Å². The van der Waals surface area contributed by atoms with E-state index in [9.17, 15) is 9.59 Å². The number of hydrogen-bond donors (Lipinski definition) is 1. The van der Waals surface area contributed by atoms with E-state index in [1.54, 1.807) is 4.90 Å². The predicted molar refractivity (Wildman–Crippen MR) is 112 cm³/mol. The first-order valence-electron chi connectivity index (χ1n) is 10.1. The molecule has 2 aromatic carbocycles. The molecule has 2 aromatic rings. The number of amides is 2. The molecule has 1 heterocycles. The van der Waals surface area contributed by atoms with Crippen molar-refractivity contribution in [3.8, 4) is 5.75 Å². The smallest absolute Gasteiger partial charge is 0.253 e. The van der Waals surface area contributed by atoms with E-state index < -0.39 is 0 Å². The minimum atomic E-state index is -0.219. The Morgan fingerprint density at radius 2 is 1.93 bits per heavy atom. The number of benzene rings is 2. The maximum absolute atomic E-state index is 12.2. The molecule has 1 N–H and O–H groups in total. The lowest BCUT2D eigenvalue weighted by Gasteiger charge is -2.33. The number of para-hydroxylation sites is 1. The molecule has 1 aliphatic heterocycles. The first kappa shape index (κ1) is 20.9. The number of nitrogens with zero attached hydrogens (tertiary/aromatic N) is 1. The molecule has 1 atom stereocenters. The molecule has 3 rings (SSSR count). The minimum absolute atomic E-state index is 0.0288. The maximum atomic E-state index is 12.2. The molecule has 1 unspecified atom stereocenters. The largest absolute Gasteiger partial charge is 0.494 e. The Balaban J connectivity index is 1.39. The molecule has 0 saturated carbocycles. The van der Waals surface area contributed by atoms with Gasteiger partial charge in [0.1, 0.15) is 12.4 Å². The van der Waals surface area contributed by atoms with Crippen molar-refractivity contribution in [3.05, 3.63) is 60.2 Å². The molecule has 2 amide bonds. The number of carbonyl (C=O) groups excluding carboxylic acids is 2. The summed E-state index contributed by atoms with van der Waals surface area (Å²) in [5, 5.41) is 2.90. The van der Waals surface area contributed by atoms with E-state index in [4.69, 9.17) is 9.47 Å². The van der Waals surface area contributed by atoms with Gasteiger partial charge in [0.05, 0.1) is 19.3 Å². The first-order chi connectivity index (χ1) is 14.2. The van der Waals surface area contributed by atoms with Crippen molar-refractivity contribution < 1.29 is 19.1 Å². The molecule has 1 fully saturated rings. The maximum Gasteiger partial charge on any atom is 0.253 e. The number of rotatable bonds is 9. The minimum Gasteiger partial charge on any atom is -0.494 e. The van der Waals surface area contributed by atoms with Crippen LogP contribution in [0.25, 0.3) is 0 Å². The number of ether oxygens (including phenoxy) is 2. The topological polar surface area (TPSA) is 67.9 Å². The van der Waals surface area contributed by atoms with E-state index in [1.807, 2.05) is 54.6 Å². The average molecular weight is 396 g/mol. The summed E-state index contributed by atoms with van der Waals surface area (Å²) in [6.07, 6.45) is 1.77. The zero-order valence-corrected chi connectivity index (χ0v) is 16.8. The SMILES string of the molecule is CCc1ccc(N2CC(CNC(=O)CCCOc3ccccc3)OCC2=O)cc1. The van der Waals surface area contributed by atoms with Gasteiger partial charge in [-0.1, -0.05) is 37.3 Å². The molecule has 0 aromatic heterocycles. The fraction of sp³-hybridized carbons (Fsp3) is 0.391. The highest BCUT2D eigenvalue weighted by Crippen LogP contribution is 2.19. The molecule has 6 nitrogen and oxygen atoms in total. The third-order valence-corrected chi connectivity index (χ3v) is 4.87. The van der Waals surface area contributed by atoms with Gasteiger partial charge in [-0.15, -0.1) is 0 Å². The van der Waals surface area contributed by atoms with Crippen LogP contribution in [0.4, 0.5) is 5.69 Å². The van der Waals surface area contributed by atoms with Crippen LogP contribution in [0.5, 0.6) is 5.75 Å². The van der Waals surface area contributed by atoms with Crippen molar-refractivity contribution in [1.29, 1.82) is 0 Å². The summed E-state index contributed by atoms with van der Waals surface area (Å²) in [7, 11) is 0. The van der Waals surface area contributed by atoms with Crippen molar-refractivity contribution in [1.82, 2.24) is 5.32 Å². The Labute approximate surface area is 171 Å². The molecule has 0 radical (unpaired) electrons. The fourth-order valence-electron chi connectivity index (χ4n) is 3.17. The molecular weight excluding hydrogens is 368 g/mol. The van der Waals surface area contributed by atoms with Gasteiger partial charge in [-0.3, -0.25) is 9.59 Å². The van der Waals surface area contributed by atoms with E-state index in [-0.39, 0.29) is 24.5 Å². The summed E-state index contributed by atoms with van der Waals surface area (Å²) in [6.45, 7) is 3.44. The van der Waals surface area contributed by atoms with E-state index in [1.165, 1.54) is 5.56 Å². The van der Waals surface area contributed by atoms with Crippen molar-refractivity contribution in [2.24, 2.45) is 0 Å². The van der Waals surface area contributed by atoms with Crippen LogP contribution in [-0.2, 0) is 20.7 Å². The highest BCUT2D eigenvalue weighted by atomic mass is 16.5. The lowest BCUT2D eigenvalue weighted by atomic mass is 10.1. The Morgan fingerprint density at radius 3 is 2.66 bits per heavy atom. The average Bonchev–Trinajstić information content (AvgIpc) is 2.77. The second-order valence-corrected chi connectivity index (χ2v) is 7.03. The van der Waals surface area contributed by atoms with Crippen molar-refractivity contribution in [3.63, 3.8) is 0 Å². The normalized spacial score (nSPS) is 16.5. The molecule has 29 heavy (non-hydrogen) atoms. The lowest BCUT2D eigenvalue weighted by molar-refractivity contribution is -0.129. The Bertz CT molecular complexity index is 792. The monoisotopic (exact) mass is 396 g/mol. The van der Waals surface area contributed by atoms with Crippen LogP contribution in [0.15, 0.2) is 54.6 Å². The molecule has 0 spiro atoms. The van der Waals surface area contributed by atoms with Gasteiger partial charge in [0, 0.05) is 18.7 Å². The standard InChI is InChI=1S/C23H28N2O4/c1-2-18-10-12-19(13-11-18)25-16-21(29-17-23(25)27)15-24-22(26)9-6-14-28-20-7-4-3-5-8-20/h3-5,7-8,10-13,21H,2,6,9,14-17H2,1H3,(H,24,26). The second kappa shape index (κ2) is 10.6. The van der Waals surface area contributed by atoms with Gasteiger partial charge >= 0.3 is 0 Å². The highest BCUT2D eigenvalue weighted by Gasteiger charge is 2.27. The van der Waals surface area contributed by atoms with Gasteiger partial charge in [-0.25, -0.2) is 0 Å². The Morgan fingerprint density at radius 1 is 1.17 bits per heavy atom. The van der Waals surface area contributed by atoms with E-state index in [0.717, 1.165) is 17.9 Å². The zero-order valence-electron chi connectivity index (χ0n) is 16.8. The van der Waals surface area contributed by atoms with Gasteiger partial charge in [0.2, 0.25) is 5.91 Å². The third-order valence-electron chi connectivity index (χ3n) is 4.87. The second-order valence-electron chi connectivity index (χ2n) is 7.03. The lowest BCUT2D eigenvalue weighted by Crippen LogP contribution is -2.50. The van der Waals surface area contributed by atoms with Crippen molar-refractivity contribution in [2.45, 2.75) is 32.3 Å². The van der Waals surface area contributed by atoms with Crippen LogP contribution < -0.4 is 15.0 Å². The number of hydrogen-bond acceptors (Lipinski definition) is 4. The fourth-order valence-corrected chi connectivity index (χ4v) is 3.17. The van der Waals surface area contributed by atoms with Crippen LogP contribution in [0.1, 0.15) is 25.3 Å². The number of aryl methyl sites for hydroxylation is 1. The molecular formula is C23H28N2O4. The summed E-state index contributed by atoms with van der Waals surface area (Å²) in [5.74, 6) is 0.705. The quantitative estimate of drug-likeness (QED) is 0.662. The molecule has 154 valence electrons. The van der Waals surface area contributed by atoms with Crippen LogP contribution in [-0.4, -0.2) is 44.2 Å². The molecule has 1 aliphatic rings. The number of morpholine rings is 1. The zero-order chi connectivity index (χ0) is 20.5. The first-order valence-corrected chi connectivity index (χ1v) is 10.1. The predicted octanol–water partition coefficient (Wildman–Crippen LogP) is 2.96.